The summed E-state index contributed by atoms with van der Waals surface area (Å²) in [5.41, 5.74) is 5.37. The van der Waals surface area contributed by atoms with Crippen LogP contribution in [0.3, 0.4) is 0 Å². The SMILES string of the molecule is C[C@@H](CN)NC(=O)C1CCC1.Cl. The summed E-state index contributed by atoms with van der Waals surface area (Å²) in [7, 11) is 0. The topological polar surface area (TPSA) is 55.1 Å². The van der Waals surface area contributed by atoms with Gasteiger partial charge in [0.15, 0.2) is 0 Å². The van der Waals surface area contributed by atoms with Crippen molar-refractivity contribution >= 4 is 18.3 Å². The summed E-state index contributed by atoms with van der Waals surface area (Å²) in [6, 6.07) is 0.128. The summed E-state index contributed by atoms with van der Waals surface area (Å²) in [6.07, 6.45) is 3.32. The minimum absolute atomic E-state index is 0. The fraction of sp³-hybridized carbons (Fsp3) is 0.875. The van der Waals surface area contributed by atoms with Gasteiger partial charge in [0.05, 0.1) is 0 Å². The number of nitrogens with one attached hydrogen (secondary N) is 1. The van der Waals surface area contributed by atoms with Crippen molar-refractivity contribution < 1.29 is 4.79 Å². The highest BCUT2D eigenvalue weighted by atomic mass is 35.5. The van der Waals surface area contributed by atoms with Crippen LogP contribution in [0.15, 0.2) is 0 Å². The van der Waals surface area contributed by atoms with Crippen molar-refractivity contribution in [1.29, 1.82) is 0 Å². The fourth-order valence-electron chi connectivity index (χ4n) is 1.09. The van der Waals surface area contributed by atoms with E-state index < -0.39 is 0 Å². The van der Waals surface area contributed by atoms with Crippen LogP contribution in [0.2, 0.25) is 0 Å². The maximum atomic E-state index is 11.2. The molecule has 1 amide bonds. The largest absolute Gasteiger partial charge is 0.352 e. The first-order chi connectivity index (χ1) is 5.24. The van der Waals surface area contributed by atoms with Gasteiger partial charge in [-0.2, -0.15) is 0 Å². The second-order valence-corrected chi connectivity index (χ2v) is 3.27. The molecule has 0 saturated heterocycles. The normalized spacial score (nSPS) is 18.8. The monoisotopic (exact) mass is 192 g/mol. The van der Waals surface area contributed by atoms with E-state index in [4.69, 9.17) is 5.73 Å². The van der Waals surface area contributed by atoms with Gasteiger partial charge in [-0.3, -0.25) is 4.79 Å². The van der Waals surface area contributed by atoms with Crippen LogP contribution < -0.4 is 11.1 Å². The highest BCUT2D eigenvalue weighted by Gasteiger charge is 2.25. The van der Waals surface area contributed by atoms with Gasteiger partial charge in [-0.05, 0) is 19.8 Å². The Morgan fingerprint density at radius 3 is 2.58 bits per heavy atom. The van der Waals surface area contributed by atoms with E-state index in [1.807, 2.05) is 6.92 Å². The molecule has 0 aromatic carbocycles. The molecular formula is C8H17ClN2O. The van der Waals surface area contributed by atoms with Crippen LogP contribution in [0.1, 0.15) is 26.2 Å². The van der Waals surface area contributed by atoms with Crippen molar-refractivity contribution in [3.63, 3.8) is 0 Å². The van der Waals surface area contributed by atoms with Gasteiger partial charge in [0.1, 0.15) is 0 Å². The van der Waals surface area contributed by atoms with Gasteiger partial charge in [0.2, 0.25) is 5.91 Å². The molecule has 4 heteroatoms. The quantitative estimate of drug-likeness (QED) is 0.691. The van der Waals surface area contributed by atoms with Crippen LogP contribution in [0, 0.1) is 5.92 Å². The number of halogens is 1. The van der Waals surface area contributed by atoms with E-state index in [1.165, 1.54) is 6.42 Å². The standard InChI is InChI=1S/C8H16N2O.ClH/c1-6(5-9)10-8(11)7-3-2-4-7;/h6-7H,2-5,9H2,1H3,(H,10,11);1H/t6-;/m0./s1. The molecule has 1 rings (SSSR count). The molecule has 0 aromatic rings. The number of carbonyl (C=O) groups excluding carboxylic acids is 1. The lowest BCUT2D eigenvalue weighted by Gasteiger charge is -2.25. The molecule has 1 atom stereocenters. The number of rotatable bonds is 3. The number of hydrogen-bond acceptors (Lipinski definition) is 2. The number of hydrogen-bond donors (Lipinski definition) is 2. The van der Waals surface area contributed by atoms with Gasteiger partial charge in [-0.15, -0.1) is 12.4 Å². The Kier molecular flexibility index (Phi) is 5.25. The Balaban J connectivity index is 0.00000121. The average molecular weight is 193 g/mol. The Morgan fingerprint density at radius 1 is 1.67 bits per heavy atom. The smallest absolute Gasteiger partial charge is 0.223 e. The summed E-state index contributed by atoms with van der Waals surface area (Å²) >= 11 is 0. The number of carbonyl (C=O) groups is 1. The molecule has 0 aromatic heterocycles. The summed E-state index contributed by atoms with van der Waals surface area (Å²) in [5, 5.41) is 2.87. The molecule has 1 aliphatic carbocycles. The maximum Gasteiger partial charge on any atom is 0.223 e. The molecule has 0 radical (unpaired) electrons. The van der Waals surface area contributed by atoms with E-state index in [-0.39, 0.29) is 30.3 Å². The van der Waals surface area contributed by atoms with E-state index in [0.717, 1.165) is 12.8 Å². The first kappa shape index (κ1) is 11.7. The molecule has 0 aliphatic heterocycles. The predicted octanol–water partition coefficient (Wildman–Crippen LogP) is 0.672. The minimum atomic E-state index is 0. The van der Waals surface area contributed by atoms with E-state index in [2.05, 4.69) is 5.32 Å². The third-order valence-electron chi connectivity index (χ3n) is 2.22. The van der Waals surface area contributed by atoms with Crippen LogP contribution in [0.5, 0.6) is 0 Å². The van der Waals surface area contributed by atoms with Crippen molar-refractivity contribution in [2.24, 2.45) is 11.7 Å². The molecular weight excluding hydrogens is 176 g/mol. The van der Waals surface area contributed by atoms with Crippen LogP contribution in [-0.2, 0) is 4.79 Å². The van der Waals surface area contributed by atoms with Crippen molar-refractivity contribution in [2.75, 3.05) is 6.54 Å². The summed E-state index contributed by atoms with van der Waals surface area (Å²) in [5.74, 6) is 0.471. The van der Waals surface area contributed by atoms with E-state index in [9.17, 15) is 4.79 Å². The van der Waals surface area contributed by atoms with Gasteiger partial charge in [0.25, 0.3) is 0 Å². The molecule has 72 valence electrons. The van der Waals surface area contributed by atoms with E-state index in [1.54, 1.807) is 0 Å². The summed E-state index contributed by atoms with van der Waals surface area (Å²) < 4.78 is 0. The summed E-state index contributed by atoms with van der Waals surface area (Å²) in [4.78, 5) is 11.2. The maximum absolute atomic E-state index is 11.2. The van der Waals surface area contributed by atoms with Gasteiger partial charge in [0, 0.05) is 18.5 Å². The van der Waals surface area contributed by atoms with Gasteiger partial charge >= 0.3 is 0 Å². The van der Waals surface area contributed by atoms with Crippen LogP contribution >= 0.6 is 12.4 Å². The summed E-state index contributed by atoms with van der Waals surface area (Å²) in [6.45, 7) is 2.45. The molecule has 3 N–H and O–H groups in total. The molecule has 0 spiro atoms. The second kappa shape index (κ2) is 5.38. The molecule has 0 bridgehead atoms. The Bertz CT molecular complexity index is 148. The van der Waals surface area contributed by atoms with Gasteiger partial charge in [-0.1, -0.05) is 6.42 Å². The minimum Gasteiger partial charge on any atom is -0.352 e. The third kappa shape index (κ3) is 2.99. The molecule has 3 nitrogen and oxygen atoms in total. The lowest BCUT2D eigenvalue weighted by molar-refractivity contribution is -0.127. The van der Waals surface area contributed by atoms with Crippen molar-refractivity contribution in [3.05, 3.63) is 0 Å². The highest BCUT2D eigenvalue weighted by molar-refractivity contribution is 5.85. The first-order valence-electron chi connectivity index (χ1n) is 4.24. The molecule has 1 fully saturated rings. The lowest BCUT2D eigenvalue weighted by Crippen LogP contribution is -2.42. The average Bonchev–Trinajstić information content (AvgIpc) is 1.83. The fourth-order valence-corrected chi connectivity index (χ4v) is 1.09. The van der Waals surface area contributed by atoms with Gasteiger partial charge in [-0.25, -0.2) is 0 Å². The molecule has 12 heavy (non-hydrogen) atoms. The van der Waals surface area contributed by atoms with E-state index >= 15 is 0 Å². The predicted molar refractivity (Wildman–Crippen MR) is 51.2 cm³/mol. The second-order valence-electron chi connectivity index (χ2n) is 3.27. The zero-order valence-corrected chi connectivity index (χ0v) is 8.19. The Labute approximate surface area is 79.5 Å². The Morgan fingerprint density at radius 2 is 2.25 bits per heavy atom. The number of nitrogens with two attached hydrogens (primary N) is 1. The molecule has 1 saturated carbocycles. The van der Waals surface area contributed by atoms with Crippen LogP contribution in [0.4, 0.5) is 0 Å². The number of amides is 1. The zero-order chi connectivity index (χ0) is 8.27. The molecule has 1 aliphatic rings. The van der Waals surface area contributed by atoms with Crippen LogP contribution in [-0.4, -0.2) is 18.5 Å². The third-order valence-corrected chi connectivity index (χ3v) is 2.22. The molecule has 0 heterocycles. The highest BCUT2D eigenvalue weighted by Crippen LogP contribution is 2.26. The van der Waals surface area contributed by atoms with Crippen molar-refractivity contribution in [1.82, 2.24) is 5.32 Å². The van der Waals surface area contributed by atoms with Crippen molar-refractivity contribution in [2.45, 2.75) is 32.2 Å². The Hall–Kier alpha value is -0.280. The lowest BCUT2D eigenvalue weighted by atomic mass is 9.84. The van der Waals surface area contributed by atoms with E-state index in [0.29, 0.717) is 6.54 Å². The first-order valence-corrected chi connectivity index (χ1v) is 4.24. The zero-order valence-electron chi connectivity index (χ0n) is 7.38. The van der Waals surface area contributed by atoms with Gasteiger partial charge < -0.3 is 11.1 Å². The van der Waals surface area contributed by atoms with Crippen molar-refractivity contribution in [3.8, 4) is 0 Å². The van der Waals surface area contributed by atoms with Crippen LogP contribution in [0.25, 0.3) is 0 Å². The molecule has 0 unspecified atom stereocenters.